The van der Waals surface area contributed by atoms with Gasteiger partial charge < -0.3 is 14.8 Å². The Morgan fingerprint density at radius 1 is 1.43 bits per heavy atom. The second kappa shape index (κ2) is 6.57. The van der Waals surface area contributed by atoms with Crippen LogP contribution in [0, 0.1) is 0 Å². The molecule has 2 rings (SSSR count). The highest BCUT2D eigenvalue weighted by Gasteiger charge is 2.26. The maximum Gasteiger partial charge on any atom is 0.338 e. The number of carbonyl (C=O) groups is 3. The first-order valence-electron chi connectivity index (χ1n) is 6.12. The molecule has 1 saturated heterocycles. The van der Waals surface area contributed by atoms with Crippen molar-refractivity contribution in [3.05, 3.63) is 28.2 Å². The molecule has 0 unspecified atom stereocenters. The molecule has 1 aromatic carbocycles. The topological polar surface area (TPSA) is 84.9 Å². The molecule has 8 heteroatoms. The predicted molar refractivity (Wildman–Crippen MR) is 76.1 cm³/mol. The van der Waals surface area contributed by atoms with Crippen LogP contribution in [0.25, 0.3) is 0 Å². The second-order valence-corrected chi connectivity index (χ2v) is 5.06. The van der Waals surface area contributed by atoms with E-state index in [2.05, 4.69) is 21.2 Å². The summed E-state index contributed by atoms with van der Waals surface area (Å²) in [4.78, 5) is 35.8. The van der Waals surface area contributed by atoms with E-state index >= 15 is 0 Å². The zero-order valence-electron chi connectivity index (χ0n) is 11.2. The number of methoxy groups -OCH3 is 1. The average Bonchev–Trinajstić information content (AvgIpc) is 2.90. The van der Waals surface area contributed by atoms with Crippen molar-refractivity contribution in [2.45, 2.75) is 0 Å². The summed E-state index contributed by atoms with van der Waals surface area (Å²) >= 11 is 3.26. The van der Waals surface area contributed by atoms with E-state index in [0.29, 0.717) is 16.8 Å². The highest BCUT2D eigenvalue weighted by Crippen LogP contribution is 2.25. The Kier molecular flexibility index (Phi) is 4.79. The zero-order chi connectivity index (χ0) is 15.4. The molecule has 1 heterocycles. The molecule has 1 aliphatic heterocycles. The number of amides is 3. The van der Waals surface area contributed by atoms with Gasteiger partial charge >= 0.3 is 12.0 Å². The first kappa shape index (κ1) is 15.3. The van der Waals surface area contributed by atoms with Gasteiger partial charge in [0, 0.05) is 13.1 Å². The summed E-state index contributed by atoms with van der Waals surface area (Å²) in [7, 11) is 1.51. The molecule has 1 aliphatic rings. The molecule has 0 radical (unpaired) electrons. The van der Waals surface area contributed by atoms with Gasteiger partial charge in [0.05, 0.1) is 17.1 Å². The lowest BCUT2D eigenvalue weighted by Gasteiger charge is -2.12. The summed E-state index contributed by atoms with van der Waals surface area (Å²) in [6.45, 7) is 0.211. The number of nitrogens with zero attached hydrogens (tertiary/aromatic N) is 1. The number of rotatable bonds is 4. The Morgan fingerprint density at radius 2 is 2.19 bits per heavy atom. The number of halogens is 1. The van der Waals surface area contributed by atoms with Crippen molar-refractivity contribution in [1.29, 1.82) is 0 Å². The molecular weight excluding hydrogens is 344 g/mol. The van der Waals surface area contributed by atoms with Gasteiger partial charge in [0.1, 0.15) is 5.75 Å². The van der Waals surface area contributed by atoms with Crippen LogP contribution in [0.3, 0.4) is 0 Å². The van der Waals surface area contributed by atoms with E-state index < -0.39 is 24.5 Å². The van der Waals surface area contributed by atoms with E-state index in [4.69, 9.17) is 9.47 Å². The van der Waals surface area contributed by atoms with Crippen LogP contribution in [0.2, 0.25) is 0 Å². The Hall–Kier alpha value is -2.09. The summed E-state index contributed by atoms with van der Waals surface area (Å²) in [5.41, 5.74) is 0.279. The Balaban J connectivity index is 1.94. The van der Waals surface area contributed by atoms with Crippen molar-refractivity contribution in [3.8, 4) is 5.75 Å². The molecule has 1 aromatic rings. The van der Waals surface area contributed by atoms with Gasteiger partial charge in [-0.1, -0.05) is 0 Å². The smallest absolute Gasteiger partial charge is 0.338 e. The van der Waals surface area contributed by atoms with E-state index in [1.54, 1.807) is 6.07 Å². The number of benzene rings is 1. The lowest BCUT2D eigenvalue weighted by atomic mass is 10.2. The van der Waals surface area contributed by atoms with E-state index in [-0.39, 0.29) is 12.1 Å². The summed E-state index contributed by atoms with van der Waals surface area (Å²) in [5, 5.41) is 2.50. The SMILES string of the molecule is COc1ccc(C(=O)OCC(=O)N2CCNC2=O)cc1Br. The van der Waals surface area contributed by atoms with Gasteiger partial charge in [-0.3, -0.25) is 9.69 Å². The average molecular weight is 357 g/mol. The van der Waals surface area contributed by atoms with Gasteiger partial charge in [-0.2, -0.15) is 0 Å². The zero-order valence-corrected chi connectivity index (χ0v) is 12.8. The molecule has 0 atom stereocenters. The number of nitrogens with one attached hydrogen (secondary N) is 1. The normalized spacial score (nSPS) is 13.8. The molecule has 0 bridgehead atoms. The minimum Gasteiger partial charge on any atom is -0.496 e. The summed E-state index contributed by atoms with van der Waals surface area (Å²) in [6, 6.07) is 4.20. The fourth-order valence-electron chi connectivity index (χ4n) is 1.79. The van der Waals surface area contributed by atoms with E-state index in [1.807, 2.05) is 0 Å². The number of carbonyl (C=O) groups excluding carboxylic acids is 3. The molecule has 1 fully saturated rings. The second-order valence-electron chi connectivity index (χ2n) is 4.20. The summed E-state index contributed by atoms with van der Waals surface area (Å²) in [5.74, 6) is -0.617. The highest BCUT2D eigenvalue weighted by molar-refractivity contribution is 9.10. The molecule has 0 saturated carbocycles. The molecule has 7 nitrogen and oxygen atoms in total. The molecular formula is C13H13BrN2O5. The summed E-state index contributed by atoms with van der Waals surface area (Å²) < 4.78 is 10.6. The maximum absolute atomic E-state index is 11.8. The van der Waals surface area contributed by atoms with Gasteiger partial charge in [0.25, 0.3) is 5.91 Å². The van der Waals surface area contributed by atoms with Gasteiger partial charge in [-0.25, -0.2) is 9.59 Å². The van der Waals surface area contributed by atoms with Crippen molar-refractivity contribution in [2.24, 2.45) is 0 Å². The quantitative estimate of drug-likeness (QED) is 0.818. The standard InChI is InChI=1S/C13H13BrN2O5/c1-20-10-3-2-8(6-9(10)14)12(18)21-7-11(17)16-5-4-15-13(16)19/h2-3,6H,4-5,7H2,1H3,(H,15,19). The Morgan fingerprint density at radius 3 is 2.76 bits per heavy atom. The Labute approximate surface area is 129 Å². The minimum atomic E-state index is -0.647. The number of esters is 1. The fraction of sp³-hybridized carbons (Fsp3) is 0.308. The minimum absolute atomic E-state index is 0.279. The van der Waals surface area contributed by atoms with Crippen molar-refractivity contribution in [1.82, 2.24) is 10.2 Å². The van der Waals surface area contributed by atoms with Crippen LogP contribution in [-0.4, -0.2) is 49.6 Å². The van der Waals surface area contributed by atoms with Crippen molar-refractivity contribution in [3.63, 3.8) is 0 Å². The Bertz CT molecular complexity index is 590. The lowest BCUT2D eigenvalue weighted by Crippen LogP contribution is -2.37. The van der Waals surface area contributed by atoms with Crippen molar-refractivity contribution < 1.29 is 23.9 Å². The molecule has 1 N–H and O–H groups in total. The lowest BCUT2D eigenvalue weighted by molar-refractivity contribution is -0.130. The van der Waals surface area contributed by atoms with Crippen LogP contribution < -0.4 is 10.1 Å². The maximum atomic E-state index is 11.8. The van der Waals surface area contributed by atoms with Gasteiger partial charge in [-0.05, 0) is 34.1 Å². The van der Waals surface area contributed by atoms with Crippen LogP contribution >= 0.6 is 15.9 Å². The van der Waals surface area contributed by atoms with Crippen LogP contribution in [-0.2, 0) is 9.53 Å². The molecule has 0 aromatic heterocycles. The predicted octanol–water partition coefficient (Wildman–Crippen LogP) is 1.17. The van der Waals surface area contributed by atoms with Crippen LogP contribution in [0.4, 0.5) is 4.79 Å². The molecule has 3 amide bonds. The summed E-state index contributed by atoms with van der Waals surface area (Å²) in [6.07, 6.45) is 0. The van der Waals surface area contributed by atoms with E-state index in [9.17, 15) is 14.4 Å². The monoisotopic (exact) mass is 356 g/mol. The van der Waals surface area contributed by atoms with Crippen molar-refractivity contribution in [2.75, 3.05) is 26.8 Å². The number of hydrogen-bond acceptors (Lipinski definition) is 5. The first-order chi connectivity index (χ1) is 10.0. The van der Waals surface area contributed by atoms with Gasteiger partial charge in [-0.15, -0.1) is 0 Å². The number of imide groups is 1. The number of urea groups is 1. The third kappa shape index (κ3) is 3.52. The first-order valence-corrected chi connectivity index (χ1v) is 6.91. The largest absolute Gasteiger partial charge is 0.496 e. The number of ether oxygens (including phenoxy) is 2. The fourth-order valence-corrected chi connectivity index (χ4v) is 2.33. The molecule has 0 aliphatic carbocycles. The third-order valence-electron chi connectivity index (χ3n) is 2.87. The third-order valence-corrected chi connectivity index (χ3v) is 3.49. The van der Waals surface area contributed by atoms with Crippen LogP contribution in [0.15, 0.2) is 22.7 Å². The van der Waals surface area contributed by atoms with Gasteiger partial charge in [0.2, 0.25) is 0 Å². The molecule has 112 valence electrons. The van der Waals surface area contributed by atoms with E-state index in [1.165, 1.54) is 19.2 Å². The molecule has 0 spiro atoms. The number of hydrogen-bond donors (Lipinski definition) is 1. The van der Waals surface area contributed by atoms with E-state index in [0.717, 1.165) is 4.90 Å². The molecule has 21 heavy (non-hydrogen) atoms. The van der Waals surface area contributed by atoms with Crippen LogP contribution in [0.5, 0.6) is 5.75 Å². The van der Waals surface area contributed by atoms with Crippen molar-refractivity contribution >= 4 is 33.8 Å². The van der Waals surface area contributed by atoms with Gasteiger partial charge in [0.15, 0.2) is 6.61 Å². The van der Waals surface area contributed by atoms with Crippen LogP contribution in [0.1, 0.15) is 10.4 Å². The highest BCUT2D eigenvalue weighted by atomic mass is 79.9.